The van der Waals surface area contributed by atoms with E-state index in [1.807, 2.05) is 30.3 Å². The SMILES string of the molecule is O=C(C#Cc1ccccc1)Nc1cc(Cl)ncn1. The zero-order chi connectivity index (χ0) is 12.8. The van der Waals surface area contributed by atoms with E-state index in [0.717, 1.165) is 5.56 Å². The molecule has 0 aliphatic heterocycles. The van der Waals surface area contributed by atoms with Crippen molar-refractivity contribution >= 4 is 23.3 Å². The van der Waals surface area contributed by atoms with Crippen molar-refractivity contribution < 1.29 is 4.79 Å². The van der Waals surface area contributed by atoms with E-state index in [2.05, 4.69) is 27.1 Å². The average Bonchev–Trinajstić information content (AvgIpc) is 2.38. The summed E-state index contributed by atoms with van der Waals surface area (Å²) >= 11 is 5.66. The molecule has 0 unspecified atom stereocenters. The second-order valence-electron chi connectivity index (χ2n) is 3.30. The van der Waals surface area contributed by atoms with Crippen LogP contribution in [0.25, 0.3) is 0 Å². The first-order valence-electron chi connectivity index (χ1n) is 5.09. The molecule has 1 heterocycles. The number of hydrogen-bond acceptors (Lipinski definition) is 3. The maximum Gasteiger partial charge on any atom is 0.301 e. The van der Waals surface area contributed by atoms with Crippen LogP contribution in [0.5, 0.6) is 0 Å². The molecule has 0 aliphatic rings. The highest BCUT2D eigenvalue weighted by molar-refractivity contribution is 6.29. The lowest BCUT2D eigenvalue weighted by molar-refractivity contribution is -0.111. The van der Waals surface area contributed by atoms with Gasteiger partial charge in [0.15, 0.2) is 0 Å². The molecule has 1 aromatic heterocycles. The van der Waals surface area contributed by atoms with Crippen LogP contribution >= 0.6 is 11.6 Å². The first-order valence-corrected chi connectivity index (χ1v) is 5.47. The number of amides is 1. The van der Waals surface area contributed by atoms with Crippen LogP contribution in [-0.2, 0) is 4.79 Å². The second-order valence-corrected chi connectivity index (χ2v) is 3.68. The van der Waals surface area contributed by atoms with E-state index in [1.54, 1.807) is 0 Å². The first-order chi connectivity index (χ1) is 8.74. The molecule has 1 amide bonds. The van der Waals surface area contributed by atoms with Gasteiger partial charge >= 0.3 is 5.91 Å². The number of hydrogen-bond donors (Lipinski definition) is 1. The van der Waals surface area contributed by atoms with Crippen LogP contribution in [0.4, 0.5) is 5.82 Å². The Morgan fingerprint density at radius 3 is 2.72 bits per heavy atom. The van der Waals surface area contributed by atoms with Gasteiger partial charge in [0.25, 0.3) is 0 Å². The van der Waals surface area contributed by atoms with Gasteiger partial charge in [-0.3, -0.25) is 10.1 Å². The fourth-order valence-electron chi connectivity index (χ4n) is 1.20. The predicted octanol–water partition coefficient (Wildman–Crippen LogP) is 2.12. The number of aromatic nitrogens is 2. The van der Waals surface area contributed by atoms with Crippen LogP contribution in [0.15, 0.2) is 42.7 Å². The van der Waals surface area contributed by atoms with Gasteiger partial charge in [-0.2, -0.15) is 0 Å². The summed E-state index contributed by atoms with van der Waals surface area (Å²) in [6.45, 7) is 0. The summed E-state index contributed by atoms with van der Waals surface area (Å²) in [5, 5.41) is 2.77. The van der Waals surface area contributed by atoms with Gasteiger partial charge in [0.05, 0.1) is 0 Å². The maximum absolute atomic E-state index is 11.5. The quantitative estimate of drug-likeness (QED) is 0.629. The number of rotatable bonds is 1. The Morgan fingerprint density at radius 1 is 1.22 bits per heavy atom. The van der Waals surface area contributed by atoms with E-state index >= 15 is 0 Å². The molecule has 0 bridgehead atoms. The Hall–Kier alpha value is -2.38. The summed E-state index contributed by atoms with van der Waals surface area (Å²) < 4.78 is 0. The Labute approximate surface area is 109 Å². The maximum atomic E-state index is 11.5. The Balaban J connectivity index is 2.04. The van der Waals surface area contributed by atoms with Crippen molar-refractivity contribution in [1.82, 2.24) is 9.97 Å². The molecule has 0 saturated carbocycles. The summed E-state index contributed by atoms with van der Waals surface area (Å²) in [5.41, 5.74) is 0.772. The fourth-order valence-corrected chi connectivity index (χ4v) is 1.35. The average molecular weight is 258 g/mol. The van der Waals surface area contributed by atoms with Gasteiger partial charge in [0.2, 0.25) is 0 Å². The molecular formula is C13H8ClN3O. The molecule has 0 atom stereocenters. The van der Waals surface area contributed by atoms with Gasteiger partial charge in [-0.15, -0.1) is 0 Å². The minimum atomic E-state index is -0.450. The fraction of sp³-hybridized carbons (Fsp3) is 0. The molecular weight excluding hydrogens is 250 g/mol. The highest BCUT2D eigenvalue weighted by Gasteiger charge is 2.00. The zero-order valence-electron chi connectivity index (χ0n) is 9.22. The molecule has 4 nitrogen and oxygen atoms in total. The van der Waals surface area contributed by atoms with Crippen molar-refractivity contribution in [2.75, 3.05) is 5.32 Å². The third-order valence-electron chi connectivity index (χ3n) is 1.97. The topological polar surface area (TPSA) is 54.9 Å². The molecule has 1 N–H and O–H groups in total. The predicted molar refractivity (Wildman–Crippen MR) is 69.0 cm³/mol. The van der Waals surface area contributed by atoms with Crippen molar-refractivity contribution in [2.45, 2.75) is 0 Å². The molecule has 2 rings (SSSR count). The van der Waals surface area contributed by atoms with Gasteiger partial charge in [0.1, 0.15) is 17.3 Å². The largest absolute Gasteiger partial charge is 0.301 e. The number of nitrogens with zero attached hydrogens (tertiary/aromatic N) is 2. The van der Waals surface area contributed by atoms with E-state index in [9.17, 15) is 4.79 Å². The zero-order valence-corrected chi connectivity index (χ0v) is 9.98. The van der Waals surface area contributed by atoms with Gasteiger partial charge < -0.3 is 0 Å². The normalized spacial score (nSPS) is 9.17. The van der Waals surface area contributed by atoms with E-state index < -0.39 is 5.91 Å². The monoisotopic (exact) mass is 257 g/mol. The summed E-state index contributed by atoms with van der Waals surface area (Å²) in [4.78, 5) is 19.1. The van der Waals surface area contributed by atoms with Crippen molar-refractivity contribution in [2.24, 2.45) is 0 Å². The smallest absolute Gasteiger partial charge is 0.299 e. The third kappa shape index (κ3) is 3.58. The highest BCUT2D eigenvalue weighted by Crippen LogP contribution is 2.07. The van der Waals surface area contributed by atoms with Crippen LogP contribution in [0, 0.1) is 11.8 Å². The van der Waals surface area contributed by atoms with Crippen LogP contribution in [0.1, 0.15) is 5.56 Å². The van der Waals surface area contributed by atoms with E-state index in [4.69, 9.17) is 11.6 Å². The number of halogens is 1. The van der Waals surface area contributed by atoms with Gasteiger partial charge in [0, 0.05) is 17.6 Å². The molecule has 0 aliphatic carbocycles. The van der Waals surface area contributed by atoms with Crippen LogP contribution in [0.3, 0.4) is 0 Å². The van der Waals surface area contributed by atoms with Crippen LogP contribution in [0.2, 0.25) is 5.15 Å². The van der Waals surface area contributed by atoms with E-state index in [-0.39, 0.29) is 5.15 Å². The van der Waals surface area contributed by atoms with Crippen LogP contribution < -0.4 is 5.32 Å². The van der Waals surface area contributed by atoms with Gasteiger partial charge in [-0.05, 0) is 12.1 Å². The molecule has 18 heavy (non-hydrogen) atoms. The molecule has 0 radical (unpaired) electrons. The Morgan fingerprint density at radius 2 is 2.00 bits per heavy atom. The molecule has 0 saturated heterocycles. The van der Waals surface area contributed by atoms with E-state index in [0.29, 0.717) is 5.82 Å². The number of nitrogens with one attached hydrogen (secondary N) is 1. The number of carbonyl (C=O) groups excluding carboxylic acids is 1. The standard InChI is InChI=1S/C13H8ClN3O/c14-11-8-12(16-9-15-11)17-13(18)7-6-10-4-2-1-3-5-10/h1-5,8-9H,(H,15,16,17,18). The molecule has 2 aromatic rings. The lowest BCUT2D eigenvalue weighted by atomic mass is 10.2. The molecule has 0 spiro atoms. The Kier molecular flexibility index (Phi) is 3.90. The van der Waals surface area contributed by atoms with Gasteiger partial charge in [-0.25, -0.2) is 9.97 Å². The summed E-state index contributed by atoms with van der Waals surface area (Å²) in [7, 11) is 0. The lowest BCUT2D eigenvalue weighted by Gasteiger charge is -1.98. The van der Waals surface area contributed by atoms with Crippen molar-refractivity contribution in [3.63, 3.8) is 0 Å². The highest BCUT2D eigenvalue weighted by atomic mass is 35.5. The molecule has 5 heteroatoms. The van der Waals surface area contributed by atoms with E-state index in [1.165, 1.54) is 12.4 Å². The van der Waals surface area contributed by atoms with Crippen molar-refractivity contribution in [3.05, 3.63) is 53.4 Å². The summed E-state index contributed by atoms with van der Waals surface area (Å²) in [6.07, 6.45) is 1.27. The third-order valence-corrected chi connectivity index (χ3v) is 2.18. The van der Waals surface area contributed by atoms with Crippen molar-refractivity contribution in [3.8, 4) is 11.8 Å². The second kappa shape index (κ2) is 5.80. The first kappa shape index (κ1) is 12.1. The minimum absolute atomic E-state index is 0.260. The lowest BCUT2D eigenvalue weighted by Crippen LogP contribution is -2.09. The molecule has 0 fully saturated rings. The Bertz CT molecular complexity index is 617. The molecule has 88 valence electrons. The summed E-state index contributed by atoms with van der Waals surface area (Å²) in [5.74, 6) is 5.08. The number of anilines is 1. The number of benzene rings is 1. The molecule has 1 aromatic carbocycles. The van der Waals surface area contributed by atoms with Crippen LogP contribution in [-0.4, -0.2) is 15.9 Å². The number of carbonyl (C=O) groups is 1. The summed E-state index contributed by atoms with van der Waals surface area (Å²) in [6, 6.07) is 10.7. The van der Waals surface area contributed by atoms with Gasteiger partial charge in [-0.1, -0.05) is 35.7 Å². The van der Waals surface area contributed by atoms with Crippen molar-refractivity contribution in [1.29, 1.82) is 0 Å². The minimum Gasteiger partial charge on any atom is -0.299 e.